The molecule has 0 saturated carbocycles. The fourth-order valence-corrected chi connectivity index (χ4v) is 1.70. The van der Waals surface area contributed by atoms with Gasteiger partial charge in [-0.05, 0) is 35.9 Å². The monoisotopic (exact) mass is 282 g/mol. The number of nitriles is 1. The molecule has 0 aliphatic heterocycles. The number of anilines is 1. The molecule has 2 aromatic rings. The Morgan fingerprint density at radius 1 is 1.33 bits per heavy atom. The fourth-order valence-electron chi connectivity index (χ4n) is 1.70. The van der Waals surface area contributed by atoms with Gasteiger partial charge >= 0.3 is 0 Å². The Bertz CT molecular complexity index is 665. The van der Waals surface area contributed by atoms with E-state index >= 15 is 0 Å². The van der Waals surface area contributed by atoms with Gasteiger partial charge < -0.3 is 15.8 Å². The van der Waals surface area contributed by atoms with Crippen LogP contribution in [-0.2, 0) is 6.54 Å². The molecule has 0 radical (unpaired) electrons. The quantitative estimate of drug-likeness (QED) is 0.809. The van der Waals surface area contributed by atoms with Gasteiger partial charge in [0.25, 0.3) is 5.91 Å². The van der Waals surface area contributed by atoms with Crippen LogP contribution < -0.4 is 15.8 Å². The van der Waals surface area contributed by atoms with E-state index in [9.17, 15) is 4.79 Å². The minimum absolute atomic E-state index is 0.119. The number of amides is 1. The van der Waals surface area contributed by atoms with Gasteiger partial charge in [-0.2, -0.15) is 5.26 Å². The van der Waals surface area contributed by atoms with Crippen LogP contribution in [0.3, 0.4) is 0 Å². The number of rotatable bonds is 5. The Morgan fingerprint density at radius 2 is 2.10 bits per heavy atom. The second kappa shape index (κ2) is 6.91. The maximum absolute atomic E-state index is 12.1. The number of ether oxygens (including phenoxy) is 1. The molecule has 0 spiro atoms. The summed E-state index contributed by atoms with van der Waals surface area (Å²) in [4.78, 5) is 16.0. The predicted octanol–water partition coefficient (Wildman–Crippen LogP) is 1.50. The molecule has 0 atom stereocenters. The van der Waals surface area contributed by atoms with Gasteiger partial charge in [-0.3, -0.25) is 9.78 Å². The smallest absolute Gasteiger partial charge is 0.251 e. The van der Waals surface area contributed by atoms with E-state index in [2.05, 4.69) is 10.3 Å². The first-order valence-electron chi connectivity index (χ1n) is 6.27. The van der Waals surface area contributed by atoms with Crippen molar-refractivity contribution in [3.8, 4) is 11.8 Å². The molecule has 106 valence electrons. The van der Waals surface area contributed by atoms with Gasteiger partial charge in [-0.25, -0.2) is 0 Å². The normalized spacial score (nSPS) is 9.67. The zero-order valence-electron chi connectivity index (χ0n) is 11.2. The SMILES string of the molecule is N#CCOc1cc(C(=O)NCc2ccncc2)ccc1N. The zero-order valence-corrected chi connectivity index (χ0v) is 11.2. The van der Waals surface area contributed by atoms with E-state index < -0.39 is 0 Å². The molecule has 1 aromatic carbocycles. The first-order valence-corrected chi connectivity index (χ1v) is 6.27. The lowest BCUT2D eigenvalue weighted by molar-refractivity contribution is 0.0950. The number of carbonyl (C=O) groups is 1. The fraction of sp³-hybridized carbons (Fsp3) is 0.133. The number of nitrogens with one attached hydrogen (secondary N) is 1. The van der Waals surface area contributed by atoms with Crippen molar-refractivity contribution in [2.75, 3.05) is 12.3 Å². The van der Waals surface area contributed by atoms with Gasteiger partial charge in [0.15, 0.2) is 6.61 Å². The maximum Gasteiger partial charge on any atom is 0.251 e. The molecule has 2 rings (SSSR count). The number of hydrogen-bond acceptors (Lipinski definition) is 5. The van der Waals surface area contributed by atoms with Gasteiger partial charge in [0.2, 0.25) is 0 Å². The van der Waals surface area contributed by atoms with Crippen molar-refractivity contribution in [3.63, 3.8) is 0 Å². The minimum Gasteiger partial charge on any atom is -0.477 e. The topological polar surface area (TPSA) is 101 Å². The second-order valence-corrected chi connectivity index (χ2v) is 4.24. The number of nitrogen functional groups attached to an aromatic ring is 1. The van der Waals surface area contributed by atoms with Crippen molar-refractivity contribution in [2.24, 2.45) is 0 Å². The predicted molar refractivity (Wildman–Crippen MR) is 77.4 cm³/mol. The highest BCUT2D eigenvalue weighted by Crippen LogP contribution is 2.22. The Balaban J connectivity index is 2.04. The van der Waals surface area contributed by atoms with Crippen LogP contribution in [0.5, 0.6) is 5.75 Å². The highest BCUT2D eigenvalue weighted by atomic mass is 16.5. The van der Waals surface area contributed by atoms with E-state index in [1.165, 1.54) is 6.07 Å². The highest BCUT2D eigenvalue weighted by Gasteiger charge is 2.09. The van der Waals surface area contributed by atoms with E-state index in [4.69, 9.17) is 15.7 Å². The van der Waals surface area contributed by atoms with Crippen molar-refractivity contribution in [2.45, 2.75) is 6.54 Å². The lowest BCUT2D eigenvalue weighted by Gasteiger charge is -2.09. The van der Waals surface area contributed by atoms with Crippen molar-refractivity contribution < 1.29 is 9.53 Å². The number of hydrogen-bond donors (Lipinski definition) is 2. The summed E-state index contributed by atoms with van der Waals surface area (Å²) in [5.41, 5.74) is 7.48. The summed E-state index contributed by atoms with van der Waals surface area (Å²) >= 11 is 0. The summed E-state index contributed by atoms with van der Waals surface area (Å²) in [6, 6.07) is 10.2. The zero-order chi connectivity index (χ0) is 15.1. The molecule has 21 heavy (non-hydrogen) atoms. The van der Waals surface area contributed by atoms with Gasteiger partial charge in [0.05, 0.1) is 5.69 Å². The molecule has 0 aliphatic carbocycles. The maximum atomic E-state index is 12.1. The van der Waals surface area contributed by atoms with E-state index in [0.717, 1.165) is 5.56 Å². The Hall–Kier alpha value is -3.07. The van der Waals surface area contributed by atoms with E-state index in [1.807, 2.05) is 18.2 Å². The average Bonchev–Trinajstić information content (AvgIpc) is 2.53. The molecular weight excluding hydrogens is 268 g/mol. The Morgan fingerprint density at radius 3 is 2.81 bits per heavy atom. The molecule has 3 N–H and O–H groups in total. The van der Waals surface area contributed by atoms with Crippen LogP contribution in [0.2, 0.25) is 0 Å². The van der Waals surface area contributed by atoms with Crippen LogP contribution in [0, 0.1) is 11.3 Å². The number of benzene rings is 1. The third kappa shape index (κ3) is 3.94. The lowest BCUT2D eigenvalue weighted by Crippen LogP contribution is -2.22. The Labute approximate surface area is 122 Å². The average molecular weight is 282 g/mol. The third-order valence-corrected chi connectivity index (χ3v) is 2.77. The van der Waals surface area contributed by atoms with Crippen LogP contribution >= 0.6 is 0 Å². The number of carbonyl (C=O) groups excluding carboxylic acids is 1. The molecule has 1 aromatic heterocycles. The van der Waals surface area contributed by atoms with Crippen LogP contribution in [0.25, 0.3) is 0 Å². The summed E-state index contributed by atoms with van der Waals surface area (Å²) in [6.45, 7) is 0.284. The second-order valence-electron chi connectivity index (χ2n) is 4.24. The molecule has 0 bridgehead atoms. The molecule has 1 heterocycles. The largest absolute Gasteiger partial charge is 0.477 e. The van der Waals surface area contributed by atoms with E-state index in [-0.39, 0.29) is 12.5 Å². The summed E-state index contributed by atoms with van der Waals surface area (Å²) in [5, 5.41) is 11.3. The van der Waals surface area contributed by atoms with Gasteiger partial charge in [-0.1, -0.05) is 0 Å². The Kier molecular flexibility index (Phi) is 4.72. The summed E-state index contributed by atoms with van der Waals surface area (Å²) < 4.78 is 5.17. The van der Waals surface area contributed by atoms with Crippen LogP contribution in [-0.4, -0.2) is 17.5 Å². The number of nitrogens with zero attached hydrogens (tertiary/aromatic N) is 2. The summed E-state index contributed by atoms with van der Waals surface area (Å²) in [6.07, 6.45) is 3.33. The van der Waals surface area contributed by atoms with Crippen LogP contribution in [0.4, 0.5) is 5.69 Å². The molecule has 0 fully saturated rings. The summed E-state index contributed by atoms with van der Waals surface area (Å²) in [5.74, 6) is 0.0849. The molecule has 0 saturated heterocycles. The minimum atomic E-state index is -0.242. The van der Waals surface area contributed by atoms with Crippen molar-refractivity contribution in [3.05, 3.63) is 53.9 Å². The van der Waals surface area contributed by atoms with Crippen LogP contribution in [0.15, 0.2) is 42.7 Å². The molecule has 0 aliphatic rings. The standard InChI is InChI=1S/C15H14N4O2/c16-5-8-21-14-9-12(1-2-13(14)17)15(20)19-10-11-3-6-18-7-4-11/h1-4,6-7,9H,8,10,17H2,(H,19,20). The van der Waals surface area contributed by atoms with Gasteiger partial charge in [0, 0.05) is 24.5 Å². The van der Waals surface area contributed by atoms with Gasteiger partial charge in [0.1, 0.15) is 11.8 Å². The molecule has 1 amide bonds. The van der Waals surface area contributed by atoms with Crippen molar-refractivity contribution >= 4 is 11.6 Å². The first-order chi connectivity index (χ1) is 10.2. The summed E-state index contributed by atoms with van der Waals surface area (Å²) in [7, 11) is 0. The van der Waals surface area contributed by atoms with E-state index in [1.54, 1.807) is 24.5 Å². The molecule has 0 unspecified atom stereocenters. The van der Waals surface area contributed by atoms with Crippen LogP contribution in [0.1, 0.15) is 15.9 Å². The van der Waals surface area contributed by atoms with E-state index in [0.29, 0.717) is 23.5 Å². The molecular formula is C15H14N4O2. The number of nitrogens with two attached hydrogens (primary N) is 1. The van der Waals surface area contributed by atoms with Crippen molar-refractivity contribution in [1.82, 2.24) is 10.3 Å². The lowest BCUT2D eigenvalue weighted by atomic mass is 10.1. The third-order valence-electron chi connectivity index (χ3n) is 2.77. The van der Waals surface area contributed by atoms with Gasteiger partial charge in [-0.15, -0.1) is 0 Å². The molecule has 6 nitrogen and oxygen atoms in total. The first kappa shape index (κ1) is 14.3. The molecule has 6 heteroatoms. The van der Waals surface area contributed by atoms with Crippen molar-refractivity contribution in [1.29, 1.82) is 5.26 Å². The number of pyridine rings is 1. The highest BCUT2D eigenvalue weighted by molar-refractivity contribution is 5.95. The number of aromatic nitrogens is 1.